The number of pyridine rings is 1. The first kappa shape index (κ1) is 22.4. The molecule has 4 heteroatoms. The second-order valence-corrected chi connectivity index (χ2v) is 8.47. The van der Waals surface area contributed by atoms with Gasteiger partial charge in [0.15, 0.2) is 23.9 Å². The number of benzene rings is 3. The molecule has 1 atom stereocenters. The predicted molar refractivity (Wildman–Crippen MR) is 137 cm³/mol. The predicted octanol–water partition coefficient (Wildman–Crippen LogP) is 6.04. The lowest BCUT2D eigenvalue weighted by molar-refractivity contribution is -0.584. The first-order valence-corrected chi connectivity index (χ1v) is 11.3. The summed E-state index contributed by atoms with van der Waals surface area (Å²) >= 11 is 5.91. The summed E-state index contributed by atoms with van der Waals surface area (Å²) in [6.45, 7) is 4.06. The maximum Gasteiger partial charge on any atom is 0.198 e. The number of anilines is 1. The molecule has 0 aliphatic rings. The molecule has 0 aliphatic heterocycles. The summed E-state index contributed by atoms with van der Waals surface area (Å²) < 4.78 is 1.94. The average Bonchev–Trinajstić information content (AvgIpc) is 2.84. The van der Waals surface area contributed by atoms with Crippen molar-refractivity contribution in [3.05, 3.63) is 137 Å². The Bertz CT molecular complexity index is 1250. The summed E-state index contributed by atoms with van der Waals surface area (Å²) in [6.07, 6.45) is 3.86. The van der Waals surface area contributed by atoms with Crippen LogP contribution >= 0.6 is 0 Å². The van der Waals surface area contributed by atoms with Gasteiger partial charge in [-0.2, -0.15) is 4.57 Å². The van der Waals surface area contributed by atoms with Gasteiger partial charge in [-0.3, -0.25) is 4.79 Å². The summed E-state index contributed by atoms with van der Waals surface area (Å²) in [7, 11) is 0. The first-order valence-electron chi connectivity index (χ1n) is 10.9. The molecule has 0 saturated carbocycles. The number of para-hydroxylation sites is 1. The van der Waals surface area contributed by atoms with Crippen molar-refractivity contribution in [2.45, 2.75) is 19.8 Å². The van der Waals surface area contributed by atoms with Crippen LogP contribution in [-0.4, -0.2) is 5.78 Å². The Balaban J connectivity index is 1.91. The van der Waals surface area contributed by atoms with Gasteiger partial charge in [0.05, 0.1) is 0 Å². The molecular weight excluding hydrogens is 424 g/mol. The lowest BCUT2D eigenvalue weighted by Gasteiger charge is -2.24. The molecule has 1 aromatic heterocycles. The maximum absolute atomic E-state index is 14.0. The van der Waals surface area contributed by atoms with E-state index in [0.717, 1.165) is 22.4 Å². The molecule has 0 amide bonds. The monoisotopic (exact) mass is 450 g/mol. The van der Waals surface area contributed by atoms with Crippen LogP contribution in [0, 0.1) is 13.8 Å². The number of nitrogens with one attached hydrogen (secondary N) is 1. The Labute approximate surface area is 200 Å². The van der Waals surface area contributed by atoms with E-state index in [2.05, 4.69) is 5.32 Å². The average molecular weight is 451 g/mol. The SMILES string of the molecule is Cc1ccc(C(=O)C(/C(=C(/[S-])Nc2ccccc2)[n+]2ccccc2)c2ccc(C)cc2)cc1. The molecule has 0 radical (unpaired) electrons. The zero-order valence-corrected chi connectivity index (χ0v) is 19.5. The number of allylic oxidation sites excluding steroid dienone is 1. The van der Waals surface area contributed by atoms with Gasteiger partial charge in [0, 0.05) is 23.4 Å². The normalized spacial score (nSPS) is 12.5. The molecule has 4 aromatic rings. The molecule has 0 bridgehead atoms. The number of ketones is 1. The Hall–Kier alpha value is -3.76. The van der Waals surface area contributed by atoms with Crippen molar-refractivity contribution in [1.82, 2.24) is 0 Å². The molecule has 0 spiro atoms. The van der Waals surface area contributed by atoms with Crippen molar-refractivity contribution in [2.24, 2.45) is 0 Å². The number of nitrogens with zero attached hydrogens (tertiary/aromatic N) is 1. The van der Waals surface area contributed by atoms with Crippen molar-refractivity contribution < 1.29 is 9.36 Å². The third-order valence-electron chi connectivity index (χ3n) is 5.54. The van der Waals surface area contributed by atoms with E-state index in [1.807, 2.05) is 128 Å². The van der Waals surface area contributed by atoms with E-state index in [1.54, 1.807) is 0 Å². The van der Waals surface area contributed by atoms with Crippen LogP contribution < -0.4 is 9.88 Å². The lowest BCUT2D eigenvalue weighted by atomic mass is 9.87. The number of aromatic nitrogens is 1. The number of hydrogen-bond acceptors (Lipinski definition) is 3. The quantitative estimate of drug-likeness (QED) is 0.212. The number of hydrogen-bond donors (Lipinski definition) is 1. The molecule has 4 rings (SSSR count). The van der Waals surface area contributed by atoms with Gasteiger partial charge < -0.3 is 17.9 Å². The first-order chi connectivity index (χ1) is 16.0. The zero-order chi connectivity index (χ0) is 23.2. The molecule has 1 unspecified atom stereocenters. The van der Waals surface area contributed by atoms with E-state index < -0.39 is 5.92 Å². The summed E-state index contributed by atoms with van der Waals surface area (Å²) in [5, 5.41) is 3.84. The number of rotatable bonds is 7. The van der Waals surface area contributed by atoms with Crippen LogP contribution in [0.15, 0.2) is 114 Å². The van der Waals surface area contributed by atoms with Gasteiger partial charge in [0.1, 0.15) is 5.92 Å². The number of aryl methyl sites for hydroxylation is 2. The second kappa shape index (κ2) is 10.2. The van der Waals surface area contributed by atoms with Gasteiger partial charge in [0.2, 0.25) is 0 Å². The Kier molecular flexibility index (Phi) is 6.96. The largest absolute Gasteiger partial charge is 0.756 e. The molecule has 1 heterocycles. The fraction of sp³-hybridized carbons (Fsp3) is 0.103. The fourth-order valence-electron chi connectivity index (χ4n) is 3.75. The van der Waals surface area contributed by atoms with Gasteiger partial charge >= 0.3 is 0 Å². The molecule has 1 N–H and O–H groups in total. The van der Waals surface area contributed by atoms with Crippen molar-refractivity contribution in [3.63, 3.8) is 0 Å². The van der Waals surface area contributed by atoms with Gasteiger partial charge in [-0.25, -0.2) is 0 Å². The van der Waals surface area contributed by atoms with Crippen molar-refractivity contribution in [1.29, 1.82) is 0 Å². The molecule has 164 valence electrons. The third-order valence-corrected chi connectivity index (χ3v) is 5.85. The van der Waals surface area contributed by atoms with Gasteiger partial charge in [-0.1, -0.05) is 83.9 Å². The van der Waals surface area contributed by atoms with E-state index >= 15 is 0 Å². The highest BCUT2D eigenvalue weighted by Gasteiger charge is 2.33. The highest BCUT2D eigenvalue weighted by atomic mass is 32.1. The fourth-order valence-corrected chi connectivity index (χ4v) is 4.09. The Morgan fingerprint density at radius 2 is 1.30 bits per heavy atom. The van der Waals surface area contributed by atoms with Gasteiger partial charge in [-0.05, 0) is 36.6 Å². The molecule has 0 fully saturated rings. The molecule has 0 aliphatic carbocycles. The van der Waals surface area contributed by atoms with Crippen molar-refractivity contribution in [3.8, 4) is 0 Å². The summed E-state index contributed by atoms with van der Waals surface area (Å²) in [5.41, 5.74) is 5.39. The van der Waals surface area contributed by atoms with E-state index in [-0.39, 0.29) is 5.78 Å². The maximum atomic E-state index is 14.0. The smallest absolute Gasteiger partial charge is 0.198 e. The Morgan fingerprint density at radius 3 is 1.91 bits per heavy atom. The van der Waals surface area contributed by atoms with Gasteiger partial charge in [-0.15, -0.1) is 0 Å². The summed E-state index contributed by atoms with van der Waals surface area (Å²) in [6, 6.07) is 31.4. The molecule has 33 heavy (non-hydrogen) atoms. The topological polar surface area (TPSA) is 33.0 Å². The standard InChI is InChI=1S/C29H26N2OS/c1-21-11-15-23(16-12-21)26(28(32)24-17-13-22(2)14-18-24)27(31-19-7-4-8-20-31)29(33)30-25-9-5-3-6-10-25/h3-20,26,30H,1-2H3/b29-27-. The van der Waals surface area contributed by atoms with Crippen LogP contribution in [0.2, 0.25) is 0 Å². The molecule has 3 nitrogen and oxygen atoms in total. The zero-order valence-electron chi connectivity index (χ0n) is 18.7. The van der Waals surface area contributed by atoms with E-state index in [9.17, 15) is 4.79 Å². The molecule has 0 saturated heterocycles. The minimum Gasteiger partial charge on any atom is -0.756 e. The van der Waals surface area contributed by atoms with Crippen LogP contribution in [0.5, 0.6) is 0 Å². The number of carbonyl (C=O) groups excluding carboxylic acids is 1. The summed E-state index contributed by atoms with van der Waals surface area (Å²) in [4.78, 5) is 14.0. The minimum atomic E-state index is -0.579. The van der Waals surface area contributed by atoms with E-state index in [1.165, 1.54) is 0 Å². The van der Waals surface area contributed by atoms with Crippen LogP contribution in [-0.2, 0) is 12.6 Å². The highest BCUT2D eigenvalue weighted by Crippen LogP contribution is 2.31. The highest BCUT2D eigenvalue weighted by molar-refractivity contribution is 7.63. The number of carbonyl (C=O) groups is 1. The minimum absolute atomic E-state index is 0.00224. The second-order valence-electron chi connectivity index (χ2n) is 8.06. The van der Waals surface area contributed by atoms with Crippen LogP contribution in [0.3, 0.4) is 0 Å². The van der Waals surface area contributed by atoms with E-state index in [4.69, 9.17) is 12.6 Å². The lowest BCUT2D eigenvalue weighted by Crippen LogP contribution is -2.38. The summed E-state index contributed by atoms with van der Waals surface area (Å²) in [5.74, 6) is -0.577. The molecule has 3 aromatic carbocycles. The van der Waals surface area contributed by atoms with Crippen LogP contribution in [0.1, 0.15) is 33.0 Å². The van der Waals surface area contributed by atoms with Gasteiger partial charge in [0.25, 0.3) is 0 Å². The van der Waals surface area contributed by atoms with Crippen molar-refractivity contribution >= 4 is 29.8 Å². The van der Waals surface area contributed by atoms with E-state index in [0.29, 0.717) is 16.3 Å². The van der Waals surface area contributed by atoms with Crippen molar-refractivity contribution in [2.75, 3.05) is 5.32 Å². The molecular formula is C29H26N2OS. The Morgan fingerprint density at radius 1 is 0.758 bits per heavy atom. The third kappa shape index (κ3) is 5.36. The van der Waals surface area contributed by atoms with Crippen LogP contribution in [0.25, 0.3) is 5.70 Å². The van der Waals surface area contributed by atoms with Crippen LogP contribution in [0.4, 0.5) is 5.69 Å². The number of Topliss-reactive ketones (excluding diaryl/α,β-unsaturated/α-hetero) is 1.